The van der Waals surface area contributed by atoms with Gasteiger partial charge in [0.1, 0.15) is 0 Å². The fourth-order valence-electron chi connectivity index (χ4n) is 4.80. The van der Waals surface area contributed by atoms with E-state index in [0.29, 0.717) is 0 Å². The predicted molar refractivity (Wildman–Crippen MR) is 55.5 cm³/mol. The Kier molecular flexibility index (Phi) is 1.76. The minimum absolute atomic E-state index is 0.826. The molecule has 13 heavy (non-hydrogen) atoms. The second-order valence-electron chi connectivity index (χ2n) is 6.11. The molecule has 0 N–H and O–H groups in total. The second kappa shape index (κ2) is 2.74. The normalized spacial score (nSPS) is 53.8. The maximum atomic E-state index is 2.44. The van der Waals surface area contributed by atoms with E-state index in [-0.39, 0.29) is 0 Å². The van der Waals surface area contributed by atoms with Crippen molar-refractivity contribution in [3.8, 4) is 0 Å². The van der Waals surface area contributed by atoms with Crippen LogP contribution in [0.25, 0.3) is 0 Å². The van der Waals surface area contributed by atoms with E-state index in [0.717, 1.165) is 23.2 Å². The first-order chi connectivity index (χ1) is 6.30. The molecule has 0 heteroatoms. The van der Waals surface area contributed by atoms with Gasteiger partial charge >= 0.3 is 0 Å². The van der Waals surface area contributed by atoms with Crippen LogP contribution >= 0.6 is 0 Å². The zero-order valence-electron chi connectivity index (χ0n) is 8.89. The van der Waals surface area contributed by atoms with Crippen LogP contribution in [-0.4, -0.2) is 0 Å². The molecule has 0 saturated heterocycles. The summed E-state index contributed by atoms with van der Waals surface area (Å²) in [5.41, 5.74) is 0.826. The number of hydrogen-bond acceptors (Lipinski definition) is 0. The Balaban J connectivity index is 1.92. The summed E-state index contributed by atoms with van der Waals surface area (Å²) >= 11 is 0. The van der Waals surface area contributed by atoms with Crippen LogP contribution in [0.15, 0.2) is 0 Å². The molecule has 4 aliphatic rings. The highest BCUT2D eigenvalue weighted by atomic mass is 14.5. The van der Waals surface area contributed by atoms with E-state index in [1.54, 1.807) is 44.9 Å². The molecule has 0 radical (unpaired) electrons. The standard InChI is InChI=1S/C13H22/c1-2-13-7-10-3-4-11(8-13)6-12(5-10)9-13/h10-12H,2-9H2,1H3. The first-order valence-corrected chi connectivity index (χ1v) is 6.30. The number of hydrogen-bond donors (Lipinski definition) is 0. The van der Waals surface area contributed by atoms with Gasteiger partial charge in [0.2, 0.25) is 0 Å². The molecule has 0 amide bonds. The lowest BCUT2D eigenvalue weighted by molar-refractivity contribution is 0.0316. The third-order valence-electron chi connectivity index (χ3n) is 5.23. The van der Waals surface area contributed by atoms with Crippen LogP contribution in [0.5, 0.6) is 0 Å². The number of rotatable bonds is 1. The van der Waals surface area contributed by atoms with Gasteiger partial charge in [-0.05, 0) is 55.3 Å². The molecule has 0 heterocycles. The molecule has 2 unspecified atom stereocenters. The van der Waals surface area contributed by atoms with Crippen molar-refractivity contribution in [2.24, 2.45) is 23.2 Å². The zero-order chi connectivity index (χ0) is 8.89. The molecule has 0 nitrogen and oxygen atoms in total. The van der Waals surface area contributed by atoms with Crippen LogP contribution in [0.1, 0.15) is 58.3 Å². The first kappa shape index (κ1) is 8.32. The van der Waals surface area contributed by atoms with Crippen molar-refractivity contribution in [3.63, 3.8) is 0 Å². The molecule has 4 fully saturated rings. The fraction of sp³-hybridized carbons (Fsp3) is 1.00. The van der Waals surface area contributed by atoms with Crippen molar-refractivity contribution < 1.29 is 0 Å². The van der Waals surface area contributed by atoms with Crippen molar-refractivity contribution in [2.75, 3.05) is 0 Å². The van der Waals surface area contributed by atoms with E-state index in [2.05, 4.69) is 6.92 Å². The molecule has 4 rings (SSSR count). The highest BCUT2D eigenvalue weighted by Crippen LogP contribution is 2.58. The Morgan fingerprint density at radius 3 is 2.00 bits per heavy atom. The minimum Gasteiger partial charge on any atom is -0.0649 e. The predicted octanol–water partition coefficient (Wildman–Crippen LogP) is 4.00. The maximum Gasteiger partial charge on any atom is -0.0292 e. The summed E-state index contributed by atoms with van der Waals surface area (Å²) in [7, 11) is 0. The van der Waals surface area contributed by atoms with Crippen molar-refractivity contribution in [1.29, 1.82) is 0 Å². The second-order valence-corrected chi connectivity index (χ2v) is 6.11. The van der Waals surface area contributed by atoms with Crippen LogP contribution < -0.4 is 0 Å². The molecule has 0 aromatic carbocycles. The quantitative estimate of drug-likeness (QED) is 0.569. The highest BCUT2D eigenvalue weighted by molar-refractivity contribution is 4.98. The van der Waals surface area contributed by atoms with Gasteiger partial charge in [-0.2, -0.15) is 0 Å². The Bertz CT molecular complexity index is 190. The first-order valence-electron chi connectivity index (χ1n) is 6.30. The molecule has 74 valence electrons. The van der Waals surface area contributed by atoms with Gasteiger partial charge in [0.15, 0.2) is 0 Å². The van der Waals surface area contributed by atoms with E-state index in [1.807, 2.05) is 0 Å². The van der Waals surface area contributed by atoms with Gasteiger partial charge in [0.05, 0.1) is 0 Å². The van der Waals surface area contributed by atoms with Crippen LogP contribution in [0.2, 0.25) is 0 Å². The lowest BCUT2D eigenvalue weighted by Gasteiger charge is -2.48. The van der Waals surface area contributed by atoms with E-state index in [1.165, 1.54) is 6.42 Å². The minimum atomic E-state index is 0.826. The fourth-order valence-corrected chi connectivity index (χ4v) is 4.80. The summed E-state index contributed by atoms with van der Waals surface area (Å²) in [5, 5.41) is 0. The molecule has 0 spiro atoms. The monoisotopic (exact) mass is 178 g/mol. The molecule has 4 bridgehead atoms. The van der Waals surface area contributed by atoms with Crippen molar-refractivity contribution in [1.82, 2.24) is 0 Å². The summed E-state index contributed by atoms with van der Waals surface area (Å²) in [5.74, 6) is 3.40. The van der Waals surface area contributed by atoms with E-state index in [9.17, 15) is 0 Å². The van der Waals surface area contributed by atoms with Gasteiger partial charge < -0.3 is 0 Å². The summed E-state index contributed by atoms with van der Waals surface area (Å²) in [6.45, 7) is 2.44. The average Bonchev–Trinajstić information content (AvgIpc) is 2.33. The van der Waals surface area contributed by atoms with Gasteiger partial charge in [0, 0.05) is 0 Å². The van der Waals surface area contributed by atoms with Crippen molar-refractivity contribution >= 4 is 0 Å². The molecule has 0 aromatic heterocycles. The van der Waals surface area contributed by atoms with Gasteiger partial charge in [-0.1, -0.05) is 26.2 Å². The lowest BCUT2D eigenvalue weighted by Crippen LogP contribution is -2.36. The third kappa shape index (κ3) is 1.25. The molecular weight excluding hydrogens is 156 g/mol. The van der Waals surface area contributed by atoms with Crippen molar-refractivity contribution in [2.45, 2.75) is 58.3 Å². The SMILES string of the molecule is CCC12CC3CCC(CC(C3)C1)C2. The van der Waals surface area contributed by atoms with E-state index < -0.39 is 0 Å². The third-order valence-corrected chi connectivity index (χ3v) is 5.23. The maximum absolute atomic E-state index is 2.44. The molecule has 4 saturated carbocycles. The van der Waals surface area contributed by atoms with Crippen LogP contribution in [0.4, 0.5) is 0 Å². The highest BCUT2D eigenvalue weighted by Gasteiger charge is 2.47. The Morgan fingerprint density at radius 2 is 1.46 bits per heavy atom. The Morgan fingerprint density at radius 1 is 0.923 bits per heavy atom. The van der Waals surface area contributed by atoms with Crippen molar-refractivity contribution in [3.05, 3.63) is 0 Å². The van der Waals surface area contributed by atoms with Gasteiger partial charge in [-0.3, -0.25) is 0 Å². The lowest BCUT2D eigenvalue weighted by atomic mass is 9.57. The molecule has 0 aliphatic heterocycles. The zero-order valence-corrected chi connectivity index (χ0v) is 8.89. The smallest absolute Gasteiger partial charge is 0.0292 e. The topological polar surface area (TPSA) is 0 Å². The number of fused-ring (bicyclic) bond motifs is 1. The summed E-state index contributed by atoms with van der Waals surface area (Å²) in [6, 6.07) is 0. The Hall–Kier alpha value is 0. The van der Waals surface area contributed by atoms with E-state index in [4.69, 9.17) is 0 Å². The summed E-state index contributed by atoms with van der Waals surface area (Å²) in [6.07, 6.45) is 12.6. The van der Waals surface area contributed by atoms with Gasteiger partial charge in [-0.15, -0.1) is 0 Å². The van der Waals surface area contributed by atoms with Crippen LogP contribution in [0, 0.1) is 23.2 Å². The summed E-state index contributed by atoms with van der Waals surface area (Å²) < 4.78 is 0. The van der Waals surface area contributed by atoms with Gasteiger partial charge in [0.25, 0.3) is 0 Å². The average molecular weight is 178 g/mol. The van der Waals surface area contributed by atoms with E-state index >= 15 is 0 Å². The molecule has 4 aliphatic carbocycles. The van der Waals surface area contributed by atoms with Crippen LogP contribution in [-0.2, 0) is 0 Å². The Labute approximate surface area is 82.1 Å². The largest absolute Gasteiger partial charge is 0.0649 e. The van der Waals surface area contributed by atoms with Crippen LogP contribution in [0.3, 0.4) is 0 Å². The molecule has 0 aromatic rings. The molecular formula is C13H22. The van der Waals surface area contributed by atoms with Gasteiger partial charge in [-0.25, -0.2) is 0 Å². The summed E-state index contributed by atoms with van der Waals surface area (Å²) in [4.78, 5) is 0. The molecule has 2 atom stereocenters.